The van der Waals surface area contributed by atoms with Gasteiger partial charge in [-0.05, 0) is 24.3 Å². The van der Waals surface area contributed by atoms with Crippen molar-refractivity contribution in [3.8, 4) is 0 Å². The maximum absolute atomic E-state index is 11.6. The molecule has 2 rings (SSSR count). The van der Waals surface area contributed by atoms with Gasteiger partial charge in [0.15, 0.2) is 0 Å². The number of hydrogen-bond acceptors (Lipinski definition) is 0. The molecule has 0 amide bonds. The Balaban J connectivity index is 0.000000165. The lowest BCUT2D eigenvalue weighted by molar-refractivity contribution is -0.140. The quantitative estimate of drug-likeness (QED) is 0.658. The summed E-state index contributed by atoms with van der Waals surface area (Å²) in [7, 11) is 0. The van der Waals surface area contributed by atoms with Gasteiger partial charge in [0.25, 0.3) is 0 Å². The average molecular weight is 202 g/mol. The summed E-state index contributed by atoms with van der Waals surface area (Å²) in [6.45, 7) is 0. The van der Waals surface area contributed by atoms with Crippen LogP contribution in [0.4, 0.5) is 13.2 Å². The van der Waals surface area contributed by atoms with Gasteiger partial charge >= 0.3 is 6.18 Å². The molecule has 0 aromatic carbocycles. The molecule has 0 saturated heterocycles. The molecule has 76 valence electrons. The fourth-order valence-electron chi connectivity index (χ4n) is 0.784. The van der Waals surface area contributed by atoms with Crippen molar-refractivity contribution in [3.05, 3.63) is 48.5 Å². The monoisotopic (exact) mass is 202 g/mol. The third kappa shape index (κ3) is 3.38. The third-order valence-electron chi connectivity index (χ3n) is 1.40. The molecule has 0 fully saturated rings. The molecular weight excluding hydrogens is 193 g/mol. The second-order valence-corrected chi connectivity index (χ2v) is 2.47. The zero-order valence-corrected chi connectivity index (χ0v) is 7.18. The molecule has 0 aliphatic carbocycles. The Morgan fingerprint density at radius 3 is 1.79 bits per heavy atom. The van der Waals surface area contributed by atoms with E-state index in [1.165, 1.54) is 12.3 Å². The molecule has 2 aromatic rings. The van der Waals surface area contributed by atoms with E-state index in [-0.39, 0.29) is 0 Å². The SMILES string of the molecule is FC(F)(F)c1ccc[nH]1.c1cc[nH]c1. The molecule has 2 heterocycles. The average Bonchev–Trinajstić information content (AvgIpc) is 2.80. The molecule has 2 N–H and O–H groups in total. The number of nitrogens with one attached hydrogen (secondary N) is 2. The molecule has 2 nitrogen and oxygen atoms in total. The van der Waals surface area contributed by atoms with Gasteiger partial charge in [-0.15, -0.1) is 0 Å². The summed E-state index contributed by atoms with van der Waals surface area (Å²) < 4.78 is 34.8. The highest BCUT2D eigenvalue weighted by molar-refractivity contribution is 5.06. The van der Waals surface area contributed by atoms with Gasteiger partial charge in [-0.25, -0.2) is 0 Å². The van der Waals surface area contributed by atoms with E-state index in [1.54, 1.807) is 0 Å². The predicted molar refractivity (Wildman–Crippen MR) is 46.6 cm³/mol. The van der Waals surface area contributed by atoms with Crippen molar-refractivity contribution in [2.45, 2.75) is 6.18 Å². The molecule has 14 heavy (non-hydrogen) atoms. The van der Waals surface area contributed by atoms with Crippen LogP contribution < -0.4 is 0 Å². The fraction of sp³-hybridized carbons (Fsp3) is 0.111. The Morgan fingerprint density at radius 1 is 0.929 bits per heavy atom. The number of aromatic amines is 2. The van der Waals surface area contributed by atoms with E-state index in [0.717, 1.165) is 6.07 Å². The normalized spacial score (nSPS) is 10.5. The van der Waals surface area contributed by atoms with Crippen LogP contribution in [-0.4, -0.2) is 9.97 Å². The van der Waals surface area contributed by atoms with Gasteiger partial charge in [0.05, 0.1) is 0 Å². The van der Waals surface area contributed by atoms with Crippen molar-refractivity contribution in [3.63, 3.8) is 0 Å². The molecule has 0 atom stereocenters. The highest BCUT2D eigenvalue weighted by atomic mass is 19.4. The summed E-state index contributed by atoms with van der Waals surface area (Å²) in [6, 6.07) is 6.18. The Hall–Kier alpha value is -1.65. The summed E-state index contributed by atoms with van der Waals surface area (Å²) in [5.41, 5.74) is -0.706. The van der Waals surface area contributed by atoms with E-state index in [9.17, 15) is 13.2 Å². The first-order valence-corrected chi connectivity index (χ1v) is 3.89. The smallest absolute Gasteiger partial charge is 0.368 e. The third-order valence-corrected chi connectivity index (χ3v) is 1.40. The zero-order chi connectivity index (χ0) is 10.4. The van der Waals surface area contributed by atoms with Crippen LogP contribution in [0.5, 0.6) is 0 Å². The van der Waals surface area contributed by atoms with Crippen molar-refractivity contribution in [1.29, 1.82) is 0 Å². The van der Waals surface area contributed by atoms with Crippen LogP contribution in [-0.2, 0) is 6.18 Å². The largest absolute Gasteiger partial charge is 0.431 e. The fourth-order valence-corrected chi connectivity index (χ4v) is 0.784. The van der Waals surface area contributed by atoms with Crippen LogP contribution in [0, 0.1) is 0 Å². The van der Waals surface area contributed by atoms with Crippen LogP contribution in [0.3, 0.4) is 0 Å². The van der Waals surface area contributed by atoms with E-state index in [1.807, 2.05) is 24.5 Å². The summed E-state index contributed by atoms with van der Waals surface area (Å²) >= 11 is 0. The summed E-state index contributed by atoms with van der Waals surface area (Å²) in [5, 5.41) is 0. The van der Waals surface area contributed by atoms with Gasteiger partial charge in [-0.3, -0.25) is 0 Å². The molecule has 0 spiro atoms. The number of H-pyrrole nitrogens is 2. The summed E-state index contributed by atoms with van der Waals surface area (Å²) in [6.07, 6.45) is 0.756. The minimum atomic E-state index is -4.23. The molecule has 0 bridgehead atoms. The summed E-state index contributed by atoms with van der Waals surface area (Å²) in [4.78, 5) is 4.91. The topological polar surface area (TPSA) is 31.6 Å². The Bertz CT molecular complexity index is 304. The maximum atomic E-state index is 11.6. The van der Waals surface area contributed by atoms with E-state index in [4.69, 9.17) is 0 Å². The lowest BCUT2D eigenvalue weighted by Crippen LogP contribution is -2.04. The lowest BCUT2D eigenvalue weighted by atomic mass is 10.4. The predicted octanol–water partition coefficient (Wildman–Crippen LogP) is 3.05. The molecule has 0 unspecified atom stereocenters. The highest BCUT2D eigenvalue weighted by Crippen LogP contribution is 2.26. The lowest BCUT2D eigenvalue weighted by Gasteiger charge is -2.00. The minimum Gasteiger partial charge on any atom is -0.368 e. The minimum absolute atomic E-state index is 0.706. The Kier molecular flexibility index (Phi) is 3.39. The highest BCUT2D eigenvalue weighted by Gasteiger charge is 2.30. The van der Waals surface area contributed by atoms with Gasteiger partial charge < -0.3 is 9.97 Å². The van der Waals surface area contributed by atoms with Gasteiger partial charge in [-0.1, -0.05) is 0 Å². The van der Waals surface area contributed by atoms with Crippen molar-refractivity contribution in [2.24, 2.45) is 0 Å². The van der Waals surface area contributed by atoms with Crippen LogP contribution in [0.2, 0.25) is 0 Å². The molecule has 0 saturated carbocycles. The molecular formula is C9H9F3N2. The van der Waals surface area contributed by atoms with Crippen LogP contribution in [0.15, 0.2) is 42.9 Å². The van der Waals surface area contributed by atoms with Crippen molar-refractivity contribution < 1.29 is 13.2 Å². The Morgan fingerprint density at radius 2 is 1.57 bits per heavy atom. The maximum Gasteiger partial charge on any atom is 0.431 e. The standard InChI is InChI=1S/C5H4F3N.C4H5N/c6-5(7,8)4-2-1-3-9-4;1-2-4-5-3-1/h1-3,9H;1-5H. The number of halogens is 3. The van der Waals surface area contributed by atoms with Crippen LogP contribution >= 0.6 is 0 Å². The first-order valence-electron chi connectivity index (χ1n) is 3.89. The first kappa shape index (κ1) is 10.4. The number of aromatic nitrogens is 2. The molecule has 0 radical (unpaired) electrons. The first-order chi connectivity index (χ1) is 6.61. The van der Waals surface area contributed by atoms with E-state index in [0.29, 0.717) is 0 Å². The van der Waals surface area contributed by atoms with Crippen molar-refractivity contribution in [1.82, 2.24) is 9.97 Å². The van der Waals surface area contributed by atoms with Gasteiger partial charge in [-0.2, -0.15) is 13.2 Å². The second kappa shape index (κ2) is 4.55. The number of alkyl halides is 3. The second-order valence-electron chi connectivity index (χ2n) is 2.47. The van der Waals surface area contributed by atoms with Crippen molar-refractivity contribution >= 4 is 0 Å². The number of rotatable bonds is 0. The van der Waals surface area contributed by atoms with E-state index in [2.05, 4.69) is 9.97 Å². The zero-order valence-electron chi connectivity index (χ0n) is 7.18. The van der Waals surface area contributed by atoms with Gasteiger partial charge in [0.1, 0.15) is 5.69 Å². The van der Waals surface area contributed by atoms with Gasteiger partial charge in [0.2, 0.25) is 0 Å². The van der Waals surface area contributed by atoms with Gasteiger partial charge in [0, 0.05) is 18.6 Å². The van der Waals surface area contributed by atoms with Crippen LogP contribution in [0.1, 0.15) is 5.69 Å². The van der Waals surface area contributed by atoms with Crippen molar-refractivity contribution in [2.75, 3.05) is 0 Å². The summed E-state index contributed by atoms with van der Waals surface area (Å²) in [5.74, 6) is 0. The van der Waals surface area contributed by atoms with E-state index < -0.39 is 11.9 Å². The number of hydrogen-bond donors (Lipinski definition) is 2. The molecule has 0 aliphatic heterocycles. The molecule has 5 heteroatoms. The molecule has 0 aliphatic rings. The van der Waals surface area contributed by atoms with Crippen LogP contribution in [0.25, 0.3) is 0 Å². The Labute approximate surface area is 78.8 Å². The van der Waals surface area contributed by atoms with E-state index >= 15 is 0 Å². The molecule has 2 aromatic heterocycles.